The Hall–Kier alpha value is -3.76. The third kappa shape index (κ3) is 14.4. The van der Waals surface area contributed by atoms with Crippen LogP contribution in [0.5, 0.6) is 11.5 Å². The van der Waals surface area contributed by atoms with Gasteiger partial charge in [0.15, 0.2) is 0 Å². The van der Waals surface area contributed by atoms with Gasteiger partial charge < -0.3 is 57.2 Å². The van der Waals surface area contributed by atoms with Crippen LogP contribution >= 0.6 is 0 Å². The molecule has 0 saturated carbocycles. The Morgan fingerprint density at radius 3 is 1.38 bits per heavy atom. The van der Waals surface area contributed by atoms with Crippen LogP contribution in [0.3, 0.4) is 0 Å². The van der Waals surface area contributed by atoms with Gasteiger partial charge in [-0.15, -0.1) is 0 Å². The van der Waals surface area contributed by atoms with Crippen LogP contribution in [-0.2, 0) is 13.1 Å². The highest BCUT2D eigenvalue weighted by Gasteiger charge is 2.03. The van der Waals surface area contributed by atoms with Crippen molar-refractivity contribution >= 4 is 22.7 Å². The van der Waals surface area contributed by atoms with Crippen LogP contribution in [0.4, 0.5) is 22.7 Å². The largest absolute Gasteiger partial charge is 1.00 e. The van der Waals surface area contributed by atoms with E-state index >= 15 is 0 Å². The molecule has 0 spiro atoms. The van der Waals surface area contributed by atoms with Gasteiger partial charge in [-0.3, -0.25) is 9.97 Å². The van der Waals surface area contributed by atoms with E-state index in [1.54, 1.807) is 36.4 Å². The SMILES string of the molecule is CCCC.Nc1ccc(N)c(OCCC[n+]2cc[nH]c2)c1.Nc1ccc(N)c(OCCC[n+]2cc[nH]c2)c1.[Cl-].[Cl-]. The number of nitrogen functional groups attached to an aromatic ring is 4. The number of H-pyrrole nitrogens is 2. The predicted molar refractivity (Wildman–Crippen MR) is 153 cm³/mol. The second-order valence-electron chi connectivity index (χ2n) is 8.70. The number of hydrogen-bond acceptors (Lipinski definition) is 6. The van der Waals surface area contributed by atoms with E-state index in [9.17, 15) is 0 Å². The van der Waals surface area contributed by atoms with Crippen LogP contribution < -0.4 is 66.4 Å². The highest BCUT2D eigenvalue weighted by atomic mass is 35.5. The van der Waals surface area contributed by atoms with Crippen molar-refractivity contribution in [3.63, 3.8) is 0 Å². The fourth-order valence-corrected chi connectivity index (χ4v) is 3.13. The maximum atomic E-state index is 5.78. The Labute approximate surface area is 249 Å². The molecule has 0 bridgehead atoms. The number of hydrogen-bond donors (Lipinski definition) is 6. The van der Waals surface area contributed by atoms with Crippen molar-refractivity contribution in [2.75, 3.05) is 36.1 Å². The van der Waals surface area contributed by atoms with E-state index in [0.717, 1.165) is 25.9 Å². The molecule has 0 fully saturated rings. The first kappa shape index (κ1) is 36.2. The molecular weight excluding hydrogens is 551 g/mol. The Bertz CT molecular complexity index is 1070. The van der Waals surface area contributed by atoms with Crippen molar-refractivity contribution in [3.05, 3.63) is 73.8 Å². The van der Waals surface area contributed by atoms with E-state index in [1.165, 1.54) is 12.8 Å². The first-order valence-electron chi connectivity index (χ1n) is 13.0. The van der Waals surface area contributed by atoms with Gasteiger partial charge in [-0.25, -0.2) is 9.13 Å². The molecule has 4 rings (SSSR count). The van der Waals surface area contributed by atoms with Crippen LogP contribution in [0.1, 0.15) is 39.5 Å². The fourth-order valence-electron chi connectivity index (χ4n) is 3.13. The smallest absolute Gasteiger partial charge is 0.241 e. The van der Waals surface area contributed by atoms with Crippen LogP contribution in [0.25, 0.3) is 0 Å². The standard InChI is InChI=1S/2C12H16N4O.C4H10.2ClH/c2*13-10-2-3-11(14)12(8-10)17-7-1-5-16-6-4-15-9-16;1-3-4-2;;/h2*2-4,6,8-9H,1,5,7,13-14H2;3-4H2,1-2H3;2*1H. The molecule has 0 radical (unpaired) electrons. The quantitative estimate of drug-likeness (QED) is 0.0649. The van der Waals surface area contributed by atoms with Crippen molar-refractivity contribution < 1.29 is 43.4 Å². The second kappa shape index (κ2) is 21.1. The summed E-state index contributed by atoms with van der Waals surface area (Å²) in [6.45, 7) is 7.41. The number of benzene rings is 2. The van der Waals surface area contributed by atoms with Crippen molar-refractivity contribution in [3.8, 4) is 11.5 Å². The molecule has 222 valence electrons. The van der Waals surface area contributed by atoms with Gasteiger partial charge in [-0.05, 0) is 24.3 Å². The van der Waals surface area contributed by atoms with E-state index in [2.05, 4.69) is 32.9 Å². The second-order valence-corrected chi connectivity index (χ2v) is 8.70. The number of nitrogens with two attached hydrogens (primary N) is 4. The normalized spacial score (nSPS) is 9.55. The zero-order valence-corrected chi connectivity index (χ0v) is 24.9. The van der Waals surface area contributed by atoms with Gasteiger partial charge in [0.2, 0.25) is 12.7 Å². The number of nitrogens with zero attached hydrogens (tertiary/aromatic N) is 2. The lowest BCUT2D eigenvalue weighted by Gasteiger charge is -2.08. The number of imidazole rings is 2. The number of aromatic nitrogens is 4. The fraction of sp³-hybridized carbons (Fsp3) is 0.357. The summed E-state index contributed by atoms with van der Waals surface area (Å²) in [5.41, 5.74) is 25.4. The van der Waals surface area contributed by atoms with Crippen molar-refractivity contribution in [1.82, 2.24) is 9.97 Å². The molecule has 0 aliphatic carbocycles. The Kier molecular flexibility index (Phi) is 19.1. The first-order valence-corrected chi connectivity index (χ1v) is 13.0. The molecule has 0 atom stereocenters. The molecule has 0 saturated heterocycles. The average Bonchev–Trinajstić information content (AvgIpc) is 3.64. The van der Waals surface area contributed by atoms with Crippen LogP contribution in [-0.4, -0.2) is 23.2 Å². The summed E-state index contributed by atoms with van der Waals surface area (Å²) >= 11 is 0. The lowest BCUT2D eigenvalue weighted by atomic mass is 10.2. The minimum Gasteiger partial charge on any atom is -1.00 e. The minimum atomic E-state index is 0. The molecule has 10 N–H and O–H groups in total. The molecule has 0 aliphatic heterocycles. The molecule has 0 amide bonds. The van der Waals surface area contributed by atoms with Crippen LogP contribution in [0.2, 0.25) is 0 Å². The van der Waals surface area contributed by atoms with E-state index in [4.69, 9.17) is 32.4 Å². The lowest BCUT2D eigenvalue weighted by Crippen LogP contribution is -3.00. The zero-order chi connectivity index (χ0) is 27.6. The number of aryl methyl sites for hydroxylation is 2. The highest BCUT2D eigenvalue weighted by Crippen LogP contribution is 2.24. The third-order valence-corrected chi connectivity index (χ3v) is 5.42. The summed E-state index contributed by atoms with van der Waals surface area (Å²) < 4.78 is 15.3. The van der Waals surface area contributed by atoms with Crippen LogP contribution in [0.15, 0.2) is 73.8 Å². The topological polar surface area (TPSA) is 162 Å². The maximum Gasteiger partial charge on any atom is 0.241 e. The van der Waals surface area contributed by atoms with E-state index in [-0.39, 0.29) is 24.8 Å². The number of aromatic amines is 2. The van der Waals surface area contributed by atoms with E-state index in [0.29, 0.717) is 47.5 Å². The Morgan fingerprint density at radius 2 is 1.05 bits per heavy atom. The molecule has 4 aromatic rings. The average molecular weight is 596 g/mol. The van der Waals surface area contributed by atoms with E-state index < -0.39 is 0 Å². The van der Waals surface area contributed by atoms with Gasteiger partial charge >= 0.3 is 0 Å². The number of rotatable bonds is 11. The molecule has 2 aromatic heterocycles. The zero-order valence-electron chi connectivity index (χ0n) is 23.4. The number of nitrogens with one attached hydrogen (secondary N) is 2. The molecule has 40 heavy (non-hydrogen) atoms. The summed E-state index contributed by atoms with van der Waals surface area (Å²) in [5.74, 6) is 1.31. The van der Waals surface area contributed by atoms with Gasteiger partial charge in [0.1, 0.15) is 36.3 Å². The number of anilines is 4. The van der Waals surface area contributed by atoms with Crippen molar-refractivity contribution in [2.24, 2.45) is 0 Å². The molecular formula is C28H44Cl2N8O2. The number of halogens is 2. The minimum absolute atomic E-state index is 0. The molecule has 0 aliphatic rings. The predicted octanol–water partition coefficient (Wildman–Crippen LogP) is -2.31. The summed E-state index contributed by atoms with van der Waals surface area (Å²) in [6, 6.07) is 10.5. The number of unbranched alkanes of at least 4 members (excludes halogenated alkanes) is 1. The molecule has 2 heterocycles. The van der Waals surface area contributed by atoms with Crippen molar-refractivity contribution in [2.45, 2.75) is 52.6 Å². The van der Waals surface area contributed by atoms with E-state index in [1.807, 2.05) is 37.4 Å². The Balaban J connectivity index is 0.000000643. The Morgan fingerprint density at radius 1 is 0.650 bits per heavy atom. The highest BCUT2D eigenvalue weighted by molar-refractivity contribution is 5.60. The van der Waals surface area contributed by atoms with Crippen LogP contribution in [0, 0.1) is 0 Å². The molecule has 10 nitrogen and oxygen atoms in total. The summed E-state index contributed by atoms with van der Waals surface area (Å²) in [5, 5.41) is 0. The number of ether oxygens (including phenoxy) is 2. The van der Waals surface area contributed by atoms with Gasteiger partial charge in [0, 0.05) is 36.3 Å². The van der Waals surface area contributed by atoms with Gasteiger partial charge in [-0.1, -0.05) is 26.7 Å². The van der Waals surface area contributed by atoms with Gasteiger partial charge in [-0.2, -0.15) is 0 Å². The van der Waals surface area contributed by atoms with Crippen molar-refractivity contribution in [1.29, 1.82) is 0 Å². The third-order valence-electron chi connectivity index (χ3n) is 5.42. The summed E-state index contributed by atoms with van der Waals surface area (Å²) in [6.07, 6.45) is 16.0. The molecule has 2 aromatic carbocycles. The molecule has 12 heteroatoms. The monoisotopic (exact) mass is 594 g/mol. The molecule has 0 unspecified atom stereocenters. The summed E-state index contributed by atoms with van der Waals surface area (Å²) in [4.78, 5) is 5.98. The lowest BCUT2D eigenvalue weighted by molar-refractivity contribution is -0.696. The maximum absolute atomic E-state index is 5.78. The van der Waals surface area contributed by atoms with Gasteiger partial charge in [0.05, 0.1) is 37.7 Å². The summed E-state index contributed by atoms with van der Waals surface area (Å²) in [7, 11) is 0. The van der Waals surface area contributed by atoms with Gasteiger partial charge in [0.25, 0.3) is 0 Å². The first-order chi connectivity index (χ1) is 18.4.